The van der Waals surface area contributed by atoms with Gasteiger partial charge in [0.05, 0.1) is 4.92 Å². The first-order valence-electron chi connectivity index (χ1n) is 7.65. The molecular weight excluding hydrogens is 268 g/mol. The lowest BCUT2D eigenvalue weighted by molar-refractivity contribution is -0.384. The van der Waals surface area contributed by atoms with Gasteiger partial charge in [0.15, 0.2) is 0 Å². The maximum Gasteiger partial charge on any atom is 0.311 e. The second kappa shape index (κ2) is 6.74. The molecule has 21 heavy (non-hydrogen) atoms. The number of aromatic nitrogens is 1. The SMILES string of the molecule is CCCNc1ccc([N+](=O)[O-])c(N2CC(C)CC(C)C2)n1. The minimum Gasteiger partial charge on any atom is -0.370 e. The first kappa shape index (κ1) is 15.5. The molecule has 0 radical (unpaired) electrons. The molecule has 2 atom stereocenters. The Bertz CT molecular complexity index is 496. The van der Waals surface area contributed by atoms with Crippen LogP contribution < -0.4 is 10.2 Å². The Hall–Kier alpha value is -1.85. The number of hydrogen-bond donors (Lipinski definition) is 1. The number of anilines is 2. The zero-order valence-corrected chi connectivity index (χ0v) is 13.0. The molecule has 6 nitrogen and oxygen atoms in total. The fraction of sp³-hybridized carbons (Fsp3) is 0.667. The molecule has 1 aliphatic rings. The average Bonchev–Trinajstić information content (AvgIpc) is 2.43. The average molecular weight is 292 g/mol. The molecule has 0 saturated carbocycles. The van der Waals surface area contributed by atoms with Crippen molar-refractivity contribution in [2.45, 2.75) is 33.6 Å². The van der Waals surface area contributed by atoms with Crippen molar-refractivity contribution < 1.29 is 4.92 Å². The van der Waals surface area contributed by atoms with Crippen LogP contribution in [-0.2, 0) is 0 Å². The minimum absolute atomic E-state index is 0.0957. The van der Waals surface area contributed by atoms with Crippen LogP contribution in [0, 0.1) is 22.0 Å². The Morgan fingerprint density at radius 3 is 2.62 bits per heavy atom. The van der Waals surface area contributed by atoms with Crippen LogP contribution in [0.5, 0.6) is 0 Å². The first-order valence-corrected chi connectivity index (χ1v) is 7.65. The van der Waals surface area contributed by atoms with Crippen molar-refractivity contribution in [3.05, 3.63) is 22.2 Å². The normalized spacial score (nSPS) is 22.1. The van der Waals surface area contributed by atoms with Crippen molar-refractivity contribution in [3.8, 4) is 0 Å². The molecule has 1 aliphatic heterocycles. The van der Waals surface area contributed by atoms with Crippen LogP contribution >= 0.6 is 0 Å². The highest BCUT2D eigenvalue weighted by Crippen LogP contribution is 2.32. The second-order valence-corrected chi connectivity index (χ2v) is 6.07. The fourth-order valence-corrected chi connectivity index (χ4v) is 3.00. The van der Waals surface area contributed by atoms with Crippen LogP contribution in [0.15, 0.2) is 12.1 Å². The van der Waals surface area contributed by atoms with Gasteiger partial charge in [0.1, 0.15) is 5.82 Å². The van der Waals surface area contributed by atoms with E-state index < -0.39 is 0 Å². The van der Waals surface area contributed by atoms with Crippen molar-refractivity contribution in [2.75, 3.05) is 29.9 Å². The molecule has 1 N–H and O–H groups in total. The summed E-state index contributed by atoms with van der Waals surface area (Å²) in [4.78, 5) is 17.5. The highest BCUT2D eigenvalue weighted by Gasteiger charge is 2.28. The lowest BCUT2D eigenvalue weighted by atomic mass is 9.92. The van der Waals surface area contributed by atoms with E-state index in [-0.39, 0.29) is 10.6 Å². The van der Waals surface area contributed by atoms with Crippen LogP contribution in [0.1, 0.15) is 33.6 Å². The Labute approximate surface area is 125 Å². The number of hydrogen-bond acceptors (Lipinski definition) is 5. The van der Waals surface area contributed by atoms with Gasteiger partial charge in [-0.05, 0) is 30.7 Å². The van der Waals surface area contributed by atoms with E-state index in [1.807, 2.05) is 0 Å². The van der Waals surface area contributed by atoms with Gasteiger partial charge in [-0.3, -0.25) is 10.1 Å². The summed E-state index contributed by atoms with van der Waals surface area (Å²) in [6.45, 7) is 8.93. The summed E-state index contributed by atoms with van der Waals surface area (Å²) in [6.07, 6.45) is 2.16. The fourth-order valence-electron chi connectivity index (χ4n) is 3.00. The Balaban J connectivity index is 2.31. The summed E-state index contributed by atoms with van der Waals surface area (Å²) >= 11 is 0. The number of nitrogens with one attached hydrogen (secondary N) is 1. The highest BCUT2D eigenvalue weighted by atomic mass is 16.6. The predicted octanol–water partition coefficient (Wildman–Crippen LogP) is 3.29. The molecule has 6 heteroatoms. The molecule has 1 saturated heterocycles. The molecule has 0 spiro atoms. The molecule has 1 aromatic heterocycles. The van der Waals surface area contributed by atoms with E-state index in [1.165, 1.54) is 0 Å². The van der Waals surface area contributed by atoms with Gasteiger partial charge in [-0.25, -0.2) is 4.98 Å². The van der Waals surface area contributed by atoms with Gasteiger partial charge in [-0.2, -0.15) is 0 Å². The number of pyridine rings is 1. The van der Waals surface area contributed by atoms with Gasteiger partial charge in [0.2, 0.25) is 5.82 Å². The van der Waals surface area contributed by atoms with E-state index in [0.717, 1.165) is 32.5 Å². The minimum atomic E-state index is -0.337. The molecule has 0 aliphatic carbocycles. The lowest BCUT2D eigenvalue weighted by Crippen LogP contribution is -2.39. The number of nitro groups is 1. The van der Waals surface area contributed by atoms with Crippen LogP contribution in [0.3, 0.4) is 0 Å². The summed E-state index contributed by atoms with van der Waals surface area (Å²) in [5, 5.41) is 14.5. The largest absolute Gasteiger partial charge is 0.370 e. The van der Waals surface area contributed by atoms with Gasteiger partial charge in [-0.1, -0.05) is 20.8 Å². The van der Waals surface area contributed by atoms with Crippen molar-refractivity contribution >= 4 is 17.3 Å². The second-order valence-electron chi connectivity index (χ2n) is 6.07. The van der Waals surface area contributed by atoms with Crippen molar-refractivity contribution in [3.63, 3.8) is 0 Å². The number of piperidine rings is 1. The lowest BCUT2D eigenvalue weighted by Gasteiger charge is -2.35. The molecule has 1 fully saturated rings. The monoisotopic (exact) mass is 292 g/mol. The Morgan fingerprint density at radius 2 is 2.05 bits per heavy atom. The molecule has 0 amide bonds. The van der Waals surface area contributed by atoms with Crippen molar-refractivity contribution in [1.82, 2.24) is 4.98 Å². The maximum absolute atomic E-state index is 11.3. The van der Waals surface area contributed by atoms with Gasteiger partial charge in [-0.15, -0.1) is 0 Å². The number of nitrogens with zero attached hydrogens (tertiary/aromatic N) is 3. The molecule has 2 unspecified atom stereocenters. The van der Waals surface area contributed by atoms with Gasteiger partial charge in [0.25, 0.3) is 0 Å². The molecule has 0 aromatic carbocycles. The van der Waals surface area contributed by atoms with Crippen LogP contribution in [0.4, 0.5) is 17.3 Å². The van der Waals surface area contributed by atoms with Crippen molar-refractivity contribution in [2.24, 2.45) is 11.8 Å². The number of rotatable bonds is 5. The Morgan fingerprint density at radius 1 is 1.38 bits per heavy atom. The molecule has 1 aromatic rings. The standard InChI is InChI=1S/C15H24N4O2/c1-4-7-16-14-6-5-13(19(20)21)15(17-14)18-9-11(2)8-12(3)10-18/h5-6,11-12H,4,7-10H2,1-3H3,(H,16,17). The topological polar surface area (TPSA) is 71.3 Å². The maximum atomic E-state index is 11.3. The molecule has 2 rings (SSSR count). The molecule has 116 valence electrons. The van der Waals surface area contributed by atoms with E-state index in [9.17, 15) is 10.1 Å². The zero-order chi connectivity index (χ0) is 15.4. The third-order valence-electron chi connectivity index (χ3n) is 3.78. The first-order chi connectivity index (χ1) is 10.0. The van der Waals surface area contributed by atoms with E-state index in [0.29, 0.717) is 23.5 Å². The van der Waals surface area contributed by atoms with Gasteiger partial charge < -0.3 is 10.2 Å². The van der Waals surface area contributed by atoms with E-state index >= 15 is 0 Å². The summed E-state index contributed by atoms with van der Waals surface area (Å²) < 4.78 is 0. The summed E-state index contributed by atoms with van der Waals surface area (Å²) in [7, 11) is 0. The third kappa shape index (κ3) is 3.83. The molecular formula is C15H24N4O2. The van der Waals surface area contributed by atoms with Crippen LogP contribution in [0.2, 0.25) is 0 Å². The molecule has 0 bridgehead atoms. The van der Waals surface area contributed by atoms with Crippen LogP contribution in [-0.4, -0.2) is 29.5 Å². The summed E-state index contributed by atoms with van der Waals surface area (Å²) in [6, 6.07) is 3.25. The Kier molecular flexibility index (Phi) is 4.98. The molecule has 2 heterocycles. The van der Waals surface area contributed by atoms with Gasteiger partial charge >= 0.3 is 5.69 Å². The van der Waals surface area contributed by atoms with E-state index in [4.69, 9.17) is 0 Å². The van der Waals surface area contributed by atoms with E-state index in [2.05, 4.69) is 36.0 Å². The zero-order valence-electron chi connectivity index (χ0n) is 13.0. The predicted molar refractivity (Wildman–Crippen MR) is 84.8 cm³/mol. The summed E-state index contributed by atoms with van der Waals surface area (Å²) in [5.41, 5.74) is 0.0957. The third-order valence-corrected chi connectivity index (χ3v) is 3.78. The van der Waals surface area contributed by atoms with Crippen molar-refractivity contribution in [1.29, 1.82) is 0 Å². The van der Waals surface area contributed by atoms with E-state index in [1.54, 1.807) is 12.1 Å². The summed E-state index contributed by atoms with van der Waals surface area (Å²) in [5.74, 6) is 2.27. The highest BCUT2D eigenvalue weighted by molar-refractivity contribution is 5.62. The smallest absolute Gasteiger partial charge is 0.311 e. The quantitative estimate of drug-likeness (QED) is 0.666. The van der Waals surface area contributed by atoms with Crippen LogP contribution in [0.25, 0.3) is 0 Å². The van der Waals surface area contributed by atoms with Gasteiger partial charge in [0, 0.05) is 25.7 Å².